The second kappa shape index (κ2) is 13.2. The fourth-order valence-corrected chi connectivity index (χ4v) is 5.52. The number of rotatable bonds is 13. The molecule has 1 aliphatic carbocycles. The van der Waals surface area contributed by atoms with E-state index in [0.29, 0.717) is 29.6 Å². The lowest BCUT2D eigenvalue weighted by atomic mass is 9.94. The van der Waals surface area contributed by atoms with E-state index in [4.69, 9.17) is 9.47 Å². The Morgan fingerprint density at radius 2 is 1.72 bits per heavy atom. The van der Waals surface area contributed by atoms with Crippen molar-refractivity contribution in [3.63, 3.8) is 0 Å². The van der Waals surface area contributed by atoms with Crippen molar-refractivity contribution < 1.29 is 28.7 Å². The highest BCUT2D eigenvalue weighted by atomic mass is 32.1. The normalized spacial score (nSPS) is 19.0. The van der Waals surface area contributed by atoms with Crippen LogP contribution in [0.5, 0.6) is 5.75 Å². The van der Waals surface area contributed by atoms with Crippen LogP contribution in [0.3, 0.4) is 0 Å². The van der Waals surface area contributed by atoms with E-state index in [1.807, 2.05) is 12.1 Å². The van der Waals surface area contributed by atoms with Crippen LogP contribution in [0.4, 0.5) is 0 Å². The lowest BCUT2D eigenvalue weighted by Gasteiger charge is -2.25. The third-order valence-electron chi connectivity index (χ3n) is 7.17. The van der Waals surface area contributed by atoms with Gasteiger partial charge in [-0.3, -0.25) is 19.2 Å². The zero-order valence-corrected chi connectivity index (χ0v) is 23.3. The molecule has 0 unspecified atom stereocenters. The molecule has 2 aliphatic rings. The van der Waals surface area contributed by atoms with Gasteiger partial charge < -0.3 is 25.4 Å². The number of Topliss-reactive ketones (excluding diaryl/α,β-unsaturated/α-hetero) is 1. The molecule has 1 aromatic carbocycles. The molecule has 3 amide bonds. The Bertz CT molecular complexity index is 1170. The molecule has 39 heavy (non-hydrogen) atoms. The van der Waals surface area contributed by atoms with Gasteiger partial charge in [0.25, 0.3) is 5.91 Å². The summed E-state index contributed by atoms with van der Waals surface area (Å²) in [6.07, 6.45) is 6.07. The first-order valence-corrected chi connectivity index (χ1v) is 14.2. The van der Waals surface area contributed by atoms with Gasteiger partial charge in [0.15, 0.2) is 5.78 Å². The van der Waals surface area contributed by atoms with Gasteiger partial charge in [0.05, 0.1) is 31.0 Å². The minimum Gasteiger partial charge on any atom is -0.497 e. The van der Waals surface area contributed by atoms with Crippen molar-refractivity contribution in [1.82, 2.24) is 20.9 Å². The van der Waals surface area contributed by atoms with Crippen LogP contribution in [0.1, 0.15) is 59.3 Å². The molecule has 11 heteroatoms. The number of nitrogens with one attached hydrogen (secondary N) is 3. The van der Waals surface area contributed by atoms with E-state index in [1.165, 1.54) is 17.5 Å². The molecule has 1 aromatic heterocycles. The molecule has 2 aromatic rings. The third kappa shape index (κ3) is 8.09. The van der Waals surface area contributed by atoms with Crippen LogP contribution >= 0.6 is 11.3 Å². The Labute approximate surface area is 232 Å². The summed E-state index contributed by atoms with van der Waals surface area (Å²) < 4.78 is 10.4. The number of hydrogen-bond acceptors (Lipinski definition) is 8. The summed E-state index contributed by atoms with van der Waals surface area (Å²) >= 11 is 1.23. The second-order valence-corrected chi connectivity index (χ2v) is 11.5. The molecule has 0 radical (unpaired) electrons. The van der Waals surface area contributed by atoms with Crippen LogP contribution in [0.2, 0.25) is 0 Å². The summed E-state index contributed by atoms with van der Waals surface area (Å²) in [5.74, 6) is -0.449. The van der Waals surface area contributed by atoms with Gasteiger partial charge in [-0.2, -0.15) is 0 Å². The molecule has 1 saturated carbocycles. The predicted molar refractivity (Wildman–Crippen MR) is 146 cm³/mol. The van der Waals surface area contributed by atoms with Crippen molar-refractivity contribution in [2.24, 2.45) is 5.92 Å². The summed E-state index contributed by atoms with van der Waals surface area (Å²) in [6, 6.07) is 4.67. The van der Waals surface area contributed by atoms with E-state index in [-0.39, 0.29) is 12.2 Å². The highest BCUT2D eigenvalue weighted by Crippen LogP contribution is 2.30. The summed E-state index contributed by atoms with van der Waals surface area (Å²) in [6.45, 7) is 3.72. The molecule has 3 N–H and O–H groups in total. The molecular weight excluding hydrogens is 520 g/mol. The van der Waals surface area contributed by atoms with Gasteiger partial charge in [0.2, 0.25) is 11.8 Å². The summed E-state index contributed by atoms with van der Waals surface area (Å²) in [7, 11) is 1.57. The van der Waals surface area contributed by atoms with Crippen molar-refractivity contribution in [3.05, 3.63) is 45.9 Å². The van der Waals surface area contributed by atoms with Crippen LogP contribution in [0.15, 0.2) is 30.5 Å². The van der Waals surface area contributed by atoms with Crippen LogP contribution in [0.25, 0.3) is 0 Å². The molecule has 10 nitrogen and oxygen atoms in total. The lowest BCUT2D eigenvalue weighted by Crippen LogP contribution is -2.56. The molecule has 2 heterocycles. The first-order chi connectivity index (χ1) is 18.7. The molecule has 210 valence electrons. The van der Waals surface area contributed by atoms with Gasteiger partial charge in [-0.05, 0) is 43.9 Å². The van der Waals surface area contributed by atoms with E-state index in [0.717, 1.165) is 36.3 Å². The average Bonchev–Trinajstić information content (AvgIpc) is 3.47. The fourth-order valence-electron chi connectivity index (χ4n) is 4.84. The molecule has 1 saturated heterocycles. The zero-order valence-electron chi connectivity index (χ0n) is 22.5. The van der Waals surface area contributed by atoms with E-state index in [2.05, 4.69) is 20.9 Å². The predicted octanol–water partition coefficient (Wildman–Crippen LogP) is 2.34. The number of carbonyl (C=O) groups is 4. The van der Waals surface area contributed by atoms with Crippen LogP contribution in [0, 0.1) is 12.8 Å². The van der Waals surface area contributed by atoms with E-state index in [1.54, 1.807) is 33.1 Å². The maximum atomic E-state index is 13.6. The highest BCUT2D eigenvalue weighted by molar-refractivity contribution is 7.13. The topological polar surface area (TPSA) is 139 Å². The Morgan fingerprint density at radius 1 is 1.05 bits per heavy atom. The van der Waals surface area contributed by atoms with Gasteiger partial charge in [0.1, 0.15) is 28.8 Å². The molecule has 4 atom stereocenters. The number of ether oxygens (including phenoxy) is 2. The van der Waals surface area contributed by atoms with E-state index in [9.17, 15) is 19.2 Å². The third-order valence-corrected chi connectivity index (χ3v) is 8.08. The number of thiazole rings is 1. The standard InChI is InChI=1S/C28H36N4O6S/c1-16(30-28(36)24-14-29-17(2)39-24)26(34)32-22(13-19-8-10-20(37-3)11-9-19)27(35)31-21(25(33)23-15-38-23)12-18-6-4-5-7-18/h8-11,14,16,18,21-23H,4-7,12-13,15H2,1-3H3,(H,30,36)(H,31,35)(H,32,34)/t16-,21+,22+,23-/m1/s1. The largest absolute Gasteiger partial charge is 0.497 e. The zero-order chi connectivity index (χ0) is 27.9. The SMILES string of the molecule is COc1ccc(C[C@H](NC(=O)[C@@H](C)NC(=O)c2cnc(C)s2)C(=O)N[C@@H](CC2CCCC2)C(=O)[C@H]2CO2)cc1. The minimum atomic E-state index is -0.963. The number of hydrogen-bond donors (Lipinski definition) is 3. The maximum Gasteiger partial charge on any atom is 0.263 e. The van der Waals surface area contributed by atoms with Gasteiger partial charge in [-0.1, -0.05) is 37.8 Å². The monoisotopic (exact) mass is 556 g/mol. The smallest absolute Gasteiger partial charge is 0.263 e. The van der Waals surface area contributed by atoms with Crippen molar-refractivity contribution in [3.8, 4) is 5.75 Å². The number of epoxide rings is 1. The van der Waals surface area contributed by atoms with Gasteiger partial charge in [0, 0.05) is 6.42 Å². The quantitative estimate of drug-likeness (QED) is 0.322. The van der Waals surface area contributed by atoms with Crippen molar-refractivity contribution in [2.45, 2.75) is 76.6 Å². The maximum absolute atomic E-state index is 13.6. The number of aromatic nitrogens is 1. The molecule has 4 rings (SSSR count). The van der Waals surface area contributed by atoms with Crippen molar-refractivity contribution in [2.75, 3.05) is 13.7 Å². The minimum absolute atomic E-state index is 0.120. The molecular formula is C28H36N4O6S. The molecule has 2 fully saturated rings. The van der Waals surface area contributed by atoms with E-state index >= 15 is 0 Å². The average molecular weight is 557 g/mol. The number of methoxy groups -OCH3 is 1. The molecule has 0 spiro atoms. The second-order valence-electron chi connectivity index (χ2n) is 10.2. The highest BCUT2D eigenvalue weighted by Gasteiger charge is 2.39. The molecule has 0 bridgehead atoms. The lowest BCUT2D eigenvalue weighted by molar-refractivity contribution is -0.132. The van der Waals surface area contributed by atoms with Gasteiger partial charge in [-0.15, -0.1) is 11.3 Å². The van der Waals surface area contributed by atoms with Crippen LogP contribution < -0.4 is 20.7 Å². The number of nitrogens with zero attached hydrogens (tertiary/aromatic N) is 1. The van der Waals surface area contributed by atoms with Crippen molar-refractivity contribution in [1.29, 1.82) is 0 Å². The summed E-state index contributed by atoms with van der Waals surface area (Å²) in [5, 5.41) is 9.11. The number of aryl methyl sites for hydroxylation is 1. The van der Waals surface area contributed by atoms with E-state index < -0.39 is 42.0 Å². The van der Waals surface area contributed by atoms with Gasteiger partial charge >= 0.3 is 0 Å². The Hall–Kier alpha value is -3.31. The Morgan fingerprint density at radius 3 is 2.31 bits per heavy atom. The fraction of sp³-hybridized carbons (Fsp3) is 0.536. The van der Waals surface area contributed by atoms with Gasteiger partial charge in [-0.25, -0.2) is 4.98 Å². The number of ketones is 1. The number of carbonyl (C=O) groups excluding carboxylic acids is 4. The van der Waals surface area contributed by atoms with Crippen molar-refractivity contribution >= 4 is 34.8 Å². The number of amides is 3. The van der Waals surface area contributed by atoms with Crippen LogP contribution in [-0.2, 0) is 25.5 Å². The van der Waals surface area contributed by atoms with Crippen LogP contribution in [-0.4, -0.2) is 66.4 Å². The molecule has 1 aliphatic heterocycles. The Balaban J connectivity index is 1.46. The summed E-state index contributed by atoms with van der Waals surface area (Å²) in [5.41, 5.74) is 0.803. The Kier molecular flexibility index (Phi) is 9.68. The number of benzene rings is 1. The first kappa shape index (κ1) is 28.7. The summed E-state index contributed by atoms with van der Waals surface area (Å²) in [4.78, 5) is 56.7. The first-order valence-electron chi connectivity index (χ1n) is 13.4.